The summed E-state index contributed by atoms with van der Waals surface area (Å²) in [6.45, 7) is 0.665. The average molecular weight is 268 g/mol. The zero-order valence-corrected chi connectivity index (χ0v) is 10.0. The number of benzene rings is 1. The van der Waals surface area contributed by atoms with E-state index in [1.165, 1.54) is 18.3 Å². The second-order valence-electron chi connectivity index (χ2n) is 4.44. The monoisotopic (exact) mass is 268 g/mol. The molecule has 1 aromatic heterocycles. The summed E-state index contributed by atoms with van der Waals surface area (Å²) < 4.78 is 38.2. The van der Waals surface area contributed by atoms with Crippen LogP contribution in [0.1, 0.15) is 17.3 Å². The molecule has 0 aliphatic heterocycles. The highest BCUT2D eigenvalue weighted by Gasteiger charge is 2.53. The topological polar surface area (TPSA) is 56.0 Å². The molecule has 0 aliphatic rings. The first-order valence-corrected chi connectivity index (χ1v) is 5.48. The molecule has 2 rings (SSSR count). The van der Waals surface area contributed by atoms with E-state index in [9.17, 15) is 18.0 Å². The van der Waals surface area contributed by atoms with Crippen molar-refractivity contribution in [3.8, 4) is 0 Å². The van der Waals surface area contributed by atoms with Crippen molar-refractivity contribution >= 4 is 16.7 Å². The highest BCUT2D eigenvalue weighted by molar-refractivity contribution is 6.05. The molecule has 1 aromatic carbocycles. The summed E-state index contributed by atoms with van der Waals surface area (Å²) in [7, 11) is 0. The van der Waals surface area contributed by atoms with Crippen molar-refractivity contribution in [1.29, 1.82) is 0 Å². The summed E-state index contributed by atoms with van der Waals surface area (Å²) in [4.78, 5) is 15.9. The quantitative estimate of drug-likeness (QED) is 0.852. The number of aromatic nitrogens is 1. The first-order valence-electron chi connectivity index (χ1n) is 5.48. The summed E-state index contributed by atoms with van der Waals surface area (Å²) in [6.07, 6.45) is -3.30. The Hall–Kier alpha value is -1.95. The van der Waals surface area contributed by atoms with Gasteiger partial charge in [0.1, 0.15) is 0 Å². The Labute approximate surface area is 107 Å². The standard InChI is InChI=1S/C13H11F3N2O/c1-12(17,13(14,15)16)11(19)9-5-4-8-3-2-6-18-10(8)7-9/h2-7H,17H2,1H3. The van der Waals surface area contributed by atoms with Crippen LogP contribution in [0.5, 0.6) is 0 Å². The van der Waals surface area contributed by atoms with Crippen molar-refractivity contribution in [2.24, 2.45) is 5.73 Å². The normalized spacial score (nSPS) is 15.2. The van der Waals surface area contributed by atoms with Crippen LogP contribution in [0.3, 0.4) is 0 Å². The van der Waals surface area contributed by atoms with Crippen molar-refractivity contribution in [3.63, 3.8) is 0 Å². The second-order valence-corrected chi connectivity index (χ2v) is 4.44. The van der Waals surface area contributed by atoms with Gasteiger partial charge < -0.3 is 5.73 Å². The van der Waals surface area contributed by atoms with Crippen molar-refractivity contribution in [2.45, 2.75) is 18.6 Å². The third-order valence-electron chi connectivity index (χ3n) is 2.93. The molecule has 0 aliphatic carbocycles. The molecule has 0 saturated carbocycles. The maximum absolute atomic E-state index is 12.7. The van der Waals surface area contributed by atoms with Crippen molar-refractivity contribution < 1.29 is 18.0 Å². The number of carbonyl (C=O) groups excluding carboxylic acids is 1. The maximum atomic E-state index is 12.7. The van der Waals surface area contributed by atoms with Crippen LogP contribution in [0.2, 0.25) is 0 Å². The molecule has 2 N–H and O–H groups in total. The van der Waals surface area contributed by atoms with Crippen LogP contribution in [0.4, 0.5) is 13.2 Å². The second kappa shape index (κ2) is 4.31. The molecule has 0 fully saturated rings. The largest absolute Gasteiger partial charge is 0.413 e. The van der Waals surface area contributed by atoms with Crippen LogP contribution in [-0.4, -0.2) is 22.5 Å². The number of rotatable bonds is 2. The van der Waals surface area contributed by atoms with Crippen molar-refractivity contribution in [1.82, 2.24) is 4.98 Å². The van der Waals surface area contributed by atoms with Crippen LogP contribution >= 0.6 is 0 Å². The van der Waals surface area contributed by atoms with E-state index in [1.54, 1.807) is 18.2 Å². The Balaban J connectivity index is 2.48. The van der Waals surface area contributed by atoms with Gasteiger partial charge in [-0.3, -0.25) is 9.78 Å². The number of fused-ring (bicyclic) bond motifs is 1. The smallest absolute Gasteiger partial charge is 0.311 e. The first-order chi connectivity index (χ1) is 8.73. The number of hydrogen-bond acceptors (Lipinski definition) is 3. The van der Waals surface area contributed by atoms with Gasteiger partial charge in [-0.25, -0.2) is 0 Å². The Morgan fingerprint density at radius 2 is 1.95 bits per heavy atom. The van der Waals surface area contributed by atoms with Gasteiger partial charge in [0, 0.05) is 17.1 Å². The summed E-state index contributed by atoms with van der Waals surface area (Å²) in [6, 6.07) is 7.63. The fraction of sp³-hybridized carbons (Fsp3) is 0.231. The van der Waals surface area contributed by atoms with Gasteiger partial charge in [-0.05, 0) is 19.1 Å². The van der Waals surface area contributed by atoms with Gasteiger partial charge in [0.25, 0.3) is 0 Å². The fourth-order valence-corrected chi connectivity index (χ4v) is 1.64. The molecule has 3 nitrogen and oxygen atoms in total. The molecule has 6 heteroatoms. The molecule has 0 saturated heterocycles. The third-order valence-corrected chi connectivity index (χ3v) is 2.93. The van der Waals surface area contributed by atoms with E-state index in [0.717, 1.165) is 5.39 Å². The van der Waals surface area contributed by atoms with E-state index < -0.39 is 17.5 Å². The number of carbonyl (C=O) groups is 1. The Kier molecular flexibility index (Phi) is 3.06. The van der Waals surface area contributed by atoms with Gasteiger partial charge in [-0.1, -0.05) is 18.2 Å². The first kappa shape index (κ1) is 13.5. The van der Waals surface area contributed by atoms with E-state index in [-0.39, 0.29) is 5.56 Å². The van der Waals surface area contributed by atoms with Gasteiger partial charge in [0.2, 0.25) is 0 Å². The minimum Gasteiger partial charge on any atom is -0.311 e. The number of alkyl halides is 3. The summed E-state index contributed by atoms with van der Waals surface area (Å²) in [5.74, 6) is -1.17. The molecule has 0 bridgehead atoms. The van der Waals surface area contributed by atoms with Gasteiger partial charge in [-0.15, -0.1) is 0 Å². The molecular weight excluding hydrogens is 257 g/mol. The van der Waals surface area contributed by atoms with E-state index in [0.29, 0.717) is 12.4 Å². The molecule has 0 radical (unpaired) electrons. The van der Waals surface area contributed by atoms with E-state index >= 15 is 0 Å². The Bertz CT molecular complexity index is 635. The molecule has 19 heavy (non-hydrogen) atoms. The summed E-state index contributed by atoms with van der Waals surface area (Å²) in [5.41, 5.74) is 2.56. The lowest BCUT2D eigenvalue weighted by atomic mass is 9.91. The lowest BCUT2D eigenvalue weighted by molar-refractivity contribution is -0.165. The summed E-state index contributed by atoms with van der Waals surface area (Å²) >= 11 is 0. The Morgan fingerprint density at radius 3 is 2.58 bits per heavy atom. The SMILES string of the molecule is CC(N)(C(=O)c1ccc2cccnc2c1)C(F)(F)F. The fourth-order valence-electron chi connectivity index (χ4n) is 1.64. The zero-order valence-electron chi connectivity index (χ0n) is 10.0. The number of Topliss-reactive ketones (excluding diaryl/α,β-unsaturated/α-hetero) is 1. The molecule has 1 unspecified atom stereocenters. The van der Waals surface area contributed by atoms with E-state index in [2.05, 4.69) is 4.98 Å². The number of pyridine rings is 1. The van der Waals surface area contributed by atoms with Crippen LogP contribution in [-0.2, 0) is 0 Å². The number of nitrogens with zero attached hydrogens (tertiary/aromatic N) is 1. The molecule has 1 atom stereocenters. The molecule has 1 heterocycles. The molecule has 2 aromatic rings. The zero-order chi connectivity index (χ0) is 14.3. The molecule has 100 valence electrons. The van der Waals surface area contributed by atoms with E-state index in [1.807, 2.05) is 0 Å². The number of hydrogen-bond donors (Lipinski definition) is 1. The maximum Gasteiger partial charge on any atom is 0.413 e. The van der Waals surface area contributed by atoms with Crippen molar-refractivity contribution in [2.75, 3.05) is 0 Å². The van der Waals surface area contributed by atoms with E-state index in [4.69, 9.17) is 5.73 Å². The highest BCUT2D eigenvalue weighted by Crippen LogP contribution is 2.31. The van der Waals surface area contributed by atoms with Crippen LogP contribution in [0.25, 0.3) is 10.9 Å². The predicted octanol–water partition coefficient (Wildman–Crippen LogP) is 2.70. The average Bonchev–Trinajstić information content (AvgIpc) is 2.36. The minimum atomic E-state index is -4.80. The van der Waals surface area contributed by atoms with Crippen molar-refractivity contribution in [3.05, 3.63) is 42.1 Å². The van der Waals surface area contributed by atoms with Gasteiger partial charge in [-0.2, -0.15) is 13.2 Å². The molecular formula is C13H11F3N2O. The highest BCUT2D eigenvalue weighted by atomic mass is 19.4. The number of halogens is 3. The summed E-state index contributed by atoms with van der Waals surface area (Å²) in [5, 5.41) is 0.741. The van der Waals surface area contributed by atoms with Gasteiger partial charge in [0.05, 0.1) is 5.52 Å². The lowest BCUT2D eigenvalue weighted by Gasteiger charge is -2.25. The molecule has 0 amide bonds. The lowest BCUT2D eigenvalue weighted by Crippen LogP contribution is -2.57. The minimum absolute atomic E-state index is 0.103. The number of ketones is 1. The predicted molar refractivity (Wildman–Crippen MR) is 64.7 cm³/mol. The van der Waals surface area contributed by atoms with Gasteiger partial charge in [0.15, 0.2) is 11.3 Å². The number of nitrogens with two attached hydrogens (primary N) is 1. The van der Waals surface area contributed by atoms with Gasteiger partial charge >= 0.3 is 6.18 Å². The van der Waals surface area contributed by atoms with Crippen LogP contribution in [0.15, 0.2) is 36.5 Å². The molecule has 0 spiro atoms. The third kappa shape index (κ3) is 2.31. The van der Waals surface area contributed by atoms with Crippen LogP contribution < -0.4 is 5.73 Å². The Morgan fingerprint density at radius 1 is 1.26 bits per heavy atom. The van der Waals surface area contributed by atoms with Crippen LogP contribution in [0, 0.1) is 0 Å².